The van der Waals surface area contributed by atoms with E-state index in [1.54, 1.807) is 11.5 Å². The van der Waals surface area contributed by atoms with Gasteiger partial charge in [-0.25, -0.2) is 0 Å². The maximum Gasteiger partial charge on any atom is 0.150 e. The van der Waals surface area contributed by atoms with Crippen molar-refractivity contribution >= 4 is 27.4 Å². The van der Waals surface area contributed by atoms with Crippen molar-refractivity contribution in [1.29, 1.82) is 0 Å². The molecule has 0 spiro atoms. The molecule has 1 fully saturated rings. The minimum atomic E-state index is 1.17. The molecule has 2 heterocycles. The summed E-state index contributed by atoms with van der Waals surface area (Å²) in [6, 6.07) is 8.41. The van der Waals surface area contributed by atoms with Crippen molar-refractivity contribution in [2.24, 2.45) is 0 Å². The molecule has 1 aromatic heterocycles. The molecule has 0 atom stereocenters. The summed E-state index contributed by atoms with van der Waals surface area (Å²) in [6.07, 6.45) is 0. The average molecular weight is 176 g/mol. The van der Waals surface area contributed by atoms with E-state index in [1.165, 1.54) is 29.0 Å². The molecule has 3 rings (SSSR count). The Labute approximate surface area is 74.6 Å². The number of hydrogen-bond acceptors (Lipinski definition) is 3. The summed E-state index contributed by atoms with van der Waals surface area (Å²) in [4.78, 5) is 2.29. The Balaban J connectivity index is 2.30. The van der Waals surface area contributed by atoms with E-state index in [2.05, 4.69) is 33.5 Å². The fraction of sp³-hybridized carbons (Fsp3) is 0.222. The Morgan fingerprint density at radius 1 is 1.25 bits per heavy atom. The lowest BCUT2D eigenvalue weighted by molar-refractivity contribution is 1.34. The first-order valence-electron chi connectivity index (χ1n) is 4.04. The van der Waals surface area contributed by atoms with Gasteiger partial charge in [0.25, 0.3) is 0 Å². The van der Waals surface area contributed by atoms with E-state index in [9.17, 15) is 0 Å². The van der Waals surface area contributed by atoms with E-state index in [1.807, 2.05) is 0 Å². The highest BCUT2D eigenvalue weighted by atomic mass is 32.1. The summed E-state index contributed by atoms with van der Waals surface area (Å²) < 4.78 is 5.72. The first-order chi connectivity index (χ1) is 5.95. The second kappa shape index (κ2) is 2.20. The zero-order valence-electron chi connectivity index (χ0n) is 6.53. The fourth-order valence-corrected chi connectivity index (χ4v) is 2.16. The highest BCUT2D eigenvalue weighted by molar-refractivity contribution is 7.13. The van der Waals surface area contributed by atoms with Crippen molar-refractivity contribution in [3.8, 4) is 0 Å². The normalized spacial score (nSPS) is 15.5. The summed E-state index contributed by atoms with van der Waals surface area (Å²) in [5.41, 5.74) is 0. The van der Waals surface area contributed by atoms with Crippen LogP contribution in [0.4, 0.5) is 5.82 Å². The molecule has 12 heavy (non-hydrogen) atoms. The topological polar surface area (TPSA) is 15.9 Å². The molecule has 60 valence electrons. The number of fused-ring (bicyclic) bond motifs is 1. The van der Waals surface area contributed by atoms with Crippen molar-refractivity contribution in [2.45, 2.75) is 0 Å². The third-order valence-electron chi connectivity index (χ3n) is 2.11. The molecule has 1 aliphatic heterocycles. The number of nitrogens with zero attached hydrogens (tertiary/aromatic N) is 2. The monoisotopic (exact) mass is 176 g/mol. The third-order valence-corrected chi connectivity index (χ3v) is 2.92. The van der Waals surface area contributed by atoms with Gasteiger partial charge in [0.05, 0.1) is 4.70 Å². The maximum atomic E-state index is 4.42. The molecule has 2 nitrogen and oxygen atoms in total. The average Bonchev–Trinajstić information content (AvgIpc) is 2.86. The van der Waals surface area contributed by atoms with E-state index in [0.29, 0.717) is 0 Å². The molecule has 0 radical (unpaired) electrons. The molecular weight excluding hydrogens is 168 g/mol. The summed E-state index contributed by atoms with van der Waals surface area (Å²) in [5, 5.41) is 1.31. The van der Waals surface area contributed by atoms with Gasteiger partial charge in [-0.15, -0.1) is 0 Å². The maximum absolute atomic E-state index is 4.42. The number of aromatic nitrogens is 1. The van der Waals surface area contributed by atoms with Crippen LogP contribution in [0.25, 0.3) is 10.1 Å². The zero-order chi connectivity index (χ0) is 7.97. The van der Waals surface area contributed by atoms with Crippen molar-refractivity contribution in [1.82, 2.24) is 4.37 Å². The molecule has 3 heteroatoms. The molecule has 0 amide bonds. The minimum Gasteiger partial charge on any atom is -0.352 e. The van der Waals surface area contributed by atoms with Crippen LogP contribution in [0.1, 0.15) is 0 Å². The molecule has 1 aromatic carbocycles. The van der Waals surface area contributed by atoms with Crippen molar-refractivity contribution in [3.63, 3.8) is 0 Å². The van der Waals surface area contributed by atoms with E-state index in [-0.39, 0.29) is 0 Å². The van der Waals surface area contributed by atoms with E-state index >= 15 is 0 Å². The standard InChI is InChI=1S/C9H8N2S/c1-2-4-8-7(3-1)9(10-12-8)11-5-6-11/h1-4H,5-6H2. The lowest BCUT2D eigenvalue weighted by atomic mass is 10.3. The van der Waals surface area contributed by atoms with Gasteiger partial charge in [-0.05, 0) is 23.7 Å². The van der Waals surface area contributed by atoms with Crippen LogP contribution in [0.5, 0.6) is 0 Å². The minimum absolute atomic E-state index is 1.17. The first kappa shape index (κ1) is 6.43. The number of rotatable bonds is 1. The van der Waals surface area contributed by atoms with E-state index < -0.39 is 0 Å². The number of benzene rings is 1. The molecule has 0 unspecified atom stereocenters. The summed E-state index contributed by atoms with van der Waals surface area (Å²) in [5.74, 6) is 1.18. The molecule has 1 aliphatic rings. The van der Waals surface area contributed by atoms with Crippen LogP contribution in [-0.2, 0) is 0 Å². The fourth-order valence-electron chi connectivity index (χ4n) is 1.36. The second-order valence-electron chi connectivity index (χ2n) is 2.99. The quantitative estimate of drug-likeness (QED) is 0.618. The predicted molar refractivity (Wildman–Crippen MR) is 51.8 cm³/mol. The molecule has 0 bridgehead atoms. The van der Waals surface area contributed by atoms with Gasteiger partial charge >= 0.3 is 0 Å². The Morgan fingerprint density at radius 3 is 2.92 bits per heavy atom. The van der Waals surface area contributed by atoms with Gasteiger partial charge < -0.3 is 4.90 Å². The number of anilines is 1. The highest BCUT2D eigenvalue weighted by Gasteiger charge is 2.22. The Hall–Kier alpha value is -1.09. The molecule has 2 aromatic rings. The largest absolute Gasteiger partial charge is 0.352 e. The van der Waals surface area contributed by atoms with Gasteiger partial charge in [0.1, 0.15) is 5.82 Å². The van der Waals surface area contributed by atoms with Gasteiger partial charge in [-0.1, -0.05) is 12.1 Å². The Kier molecular flexibility index (Phi) is 1.18. The SMILES string of the molecule is c1ccc2c(N3CC3)nsc2c1. The second-order valence-corrected chi connectivity index (χ2v) is 3.79. The number of hydrogen-bond donors (Lipinski definition) is 0. The molecule has 1 saturated heterocycles. The zero-order valence-corrected chi connectivity index (χ0v) is 7.34. The van der Waals surface area contributed by atoms with Gasteiger partial charge in [0.15, 0.2) is 0 Å². The molecule has 0 N–H and O–H groups in total. The van der Waals surface area contributed by atoms with Gasteiger partial charge in [0, 0.05) is 18.5 Å². The van der Waals surface area contributed by atoms with Crippen molar-refractivity contribution in [2.75, 3.05) is 18.0 Å². The van der Waals surface area contributed by atoms with Crippen molar-refractivity contribution < 1.29 is 0 Å². The van der Waals surface area contributed by atoms with E-state index in [4.69, 9.17) is 0 Å². The van der Waals surface area contributed by atoms with Crippen LogP contribution in [0.3, 0.4) is 0 Å². The lowest BCUT2D eigenvalue weighted by Gasteiger charge is -1.95. The third kappa shape index (κ3) is 0.830. The molecular formula is C9H8N2S. The first-order valence-corrected chi connectivity index (χ1v) is 4.82. The Bertz CT molecular complexity index is 417. The smallest absolute Gasteiger partial charge is 0.150 e. The summed E-state index contributed by atoms with van der Waals surface area (Å²) >= 11 is 1.59. The lowest BCUT2D eigenvalue weighted by Crippen LogP contribution is -1.89. The van der Waals surface area contributed by atoms with Crippen LogP contribution < -0.4 is 4.90 Å². The molecule has 0 saturated carbocycles. The van der Waals surface area contributed by atoms with Crippen LogP contribution >= 0.6 is 11.5 Å². The highest BCUT2D eigenvalue weighted by Crippen LogP contribution is 2.31. The van der Waals surface area contributed by atoms with Crippen LogP contribution in [0.2, 0.25) is 0 Å². The van der Waals surface area contributed by atoms with Crippen LogP contribution in [0.15, 0.2) is 24.3 Å². The summed E-state index contributed by atoms with van der Waals surface area (Å²) in [6.45, 7) is 2.35. The van der Waals surface area contributed by atoms with E-state index in [0.717, 1.165) is 0 Å². The van der Waals surface area contributed by atoms with Crippen LogP contribution in [-0.4, -0.2) is 17.5 Å². The molecule has 0 aliphatic carbocycles. The Morgan fingerprint density at radius 2 is 2.08 bits per heavy atom. The van der Waals surface area contributed by atoms with Gasteiger partial charge in [-0.2, -0.15) is 4.37 Å². The van der Waals surface area contributed by atoms with Crippen molar-refractivity contribution in [3.05, 3.63) is 24.3 Å². The van der Waals surface area contributed by atoms with Crippen LogP contribution in [0, 0.1) is 0 Å². The van der Waals surface area contributed by atoms with Gasteiger partial charge in [0.2, 0.25) is 0 Å². The van der Waals surface area contributed by atoms with Gasteiger partial charge in [-0.3, -0.25) is 0 Å². The summed E-state index contributed by atoms with van der Waals surface area (Å²) in [7, 11) is 0. The predicted octanol–water partition coefficient (Wildman–Crippen LogP) is 2.12.